The van der Waals surface area contributed by atoms with Crippen molar-refractivity contribution in [2.75, 3.05) is 19.8 Å². The van der Waals surface area contributed by atoms with E-state index in [4.69, 9.17) is 47.0 Å². The first-order chi connectivity index (χ1) is 33.0. The summed E-state index contributed by atoms with van der Waals surface area (Å²) in [5, 5.41) is 166. The number of aliphatic hydroxyl groups excluding tert-OH is 13. The molecule has 2 aromatic carbocycles. The van der Waals surface area contributed by atoms with Crippen molar-refractivity contribution in [1.29, 1.82) is 0 Å². The summed E-state index contributed by atoms with van der Waals surface area (Å²) in [7, 11) is 0. The van der Waals surface area contributed by atoms with Crippen molar-refractivity contribution in [3.63, 3.8) is 0 Å². The summed E-state index contributed by atoms with van der Waals surface area (Å²) in [6, 6.07) is 4.93. The van der Waals surface area contributed by atoms with Crippen LogP contribution in [0.15, 0.2) is 39.5 Å². The third-order valence-electron chi connectivity index (χ3n) is 11.7. The van der Waals surface area contributed by atoms with Gasteiger partial charge in [0.15, 0.2) is 35.8 Å². The number of hydrogen-bond acceptors (Lipinski definition) is 27. The highest BCUT2D eigenvalue weighted by Crippen LogP contribution is 2.42. The molecule has 29 nitrogen and oxygen atoms in total. The Morgan fingerprint density at radius 2 is 1.13 bits per heavy atom. The molecule has 16 N–H and O–H groups in total. The molecule has 388 valence electrons. The van der Waals surface area contributed by atoms with Gasteiger partial charge in [0.25, 0.3) is 0 Å². The maximum Gasteiger partial charge on any atom is 0.335 e. The third-order valence-corrected chi connectivity index (χ3v) is 11.7. The standard InChI is InChI=1S/C41H50O29/c1-10-19(44)22(47)28(53)38(63-10)62-9-17-20(45)23(48)29(54)41(67-17)68-33-21(46)18-13(43)7-12(61-5-4-42)8-16(18)64-32(33)11-2-3-14(65-39-30(55)24(49)26(51)34(69-39)36(57)58)15(6-11)66-40-31(56)25(50)27(52)35(70-40)37(59)60/h2-3,6-8,10,17,19-20,22-31,34-35,38-45,47-56H,4-5,9H2,1H3,(H,57,58)(H,59,60)/t10-,17+,19-,20+,22+,23-,24-,25-,26-,27-,28+,29+,30+,31+,34-,35-,38+,39+,40+,41-/m0/s1. The quantitative estimate of drug-likeness (QED) is 0.0673. The molecule has 29 heteroatoms. The fourth-order valence-electron chi connectivity index (χ4n) is 7.80. The van der Waals surface area contributed by atoms with Crippen molar-refractivity contribution < 1.29 is 138 Å². The molecule has 4 aliphatic heterocycles. The van der Waals surface area contributed by atoms with E-state index in [1.54, 1.807) is 0 Å². The van der Waals surface area contributed by atoms with Gasteiger partial charge in [-0.15, -0.1) is 0 Å². The molecule has 0 saturated carbocycles. The lowest BCUT2D eigenvalue weighted by Crippen LogP contribution is -2.61. The van der Waals surface area contributed by atoms with Crippen molar-refractivity contribution in [1.82, 2.24) is 0 Å². The molecule has 4 saturated heterocycles. The van der Waals surface area contributed by atoms with E-state index in [9.17, 15) is 96.1 Å². The van der Waals surface area contributed by atoms with E-state index in [2.05, 4.69) is 0 Å². The van der Waals surface area contributed by atoms with Gasteiger partial charge < -0.3 is 129 Å². The molecule has 0 spiro atoms. The molecule has 5 heterocycles. The SMILES string of the molecule is C[C@@H]1O[C@@H](OC[C@H]2O[C@@H](Oc3c(-c4ccc(O[C@@H]5O[C@H](C(=O)O)[C@@H](O)[C@H](O)[C@H]5O)c(O[C@@H]5O[C@H](C(=O)O)[C@@H](O)[C@H](O)[C@H]5O)c4)oc4cc(OCCO)cc(O)c4c3=O)[C@H](O)[C@@H](O)[C@@H]2O)[C@H](O)[C@H](O)[C@H]1O. The lowest BCUT2D eigenvalue weighted by atomic mass is 9.98. The first kappa shape index (κ1) is 52.7. The van der Waals surface area contributed by atoms with Gasteiger partial charge in [0.1, 0.15) is 108 Å². The monoisotopic (exact) mass is 1010 g/mol. The van der Waals surface area contributed by atoms with Gasteiger partial charge in [-0.1, -0.05) is 0 Å². The Hall–Kier alpha value is -5.13. The summed E-state index contributed by atoms with van der Waals surface area (Å²) in [4.78, 5) is 38.3. The smallest absolute Gasteiger partial charge is 0.335 e. The minimum absolute atomic E-state index is 0.153. The third kappa shape index (κ3) is 10.3. The summed E-state index contributed by atoms with van der Waals surface area (Å²) in [6.07, 6.45) is -40.0. The number of phenolic OH excluding ortho intramolecular Hbond substituents is 1. The Labute approximate surface area is 391 Å². The lowest BCUT2D eigenvalue weighted by molar-refractivity contribution is -0.318. The van der Waals surface area contributed by atoms with E-state index in [1.807, 2.05) is 0 Å². The molecule has 0 amide bonds. The van der Waals surface area contributed by atoms with Crippen LogP contribution in [0, 0.1) is 0 Å². The number of carboxylic acid groups (broad SMARTS) is 2. The molecule has 1 aromatic heterocycles. The number of fused-ring (bicyclic) bond motifs is 1. The molecule has 4 fully saturated rings. The number of hydrogen-bond donors (Lipinski definition) is 16. The topological polar surface area (TPSA) is 471 Å². The molecular formula is C41H50O29. The van der Waals surface area contributed by atoms with Crippen LogP contribution in [0.25, 0.3) is 22.3 Å². The molecule has 4 aliphatic rings. The second-order valence-corrected chi connectivity index (χ2v) is 16.5. The van der Waals surface area contributed by atoms with Crippen molar-refractivity contribution in [3.8, 4) is 40.1 Å². The second kappa shape index (κ2) is 21.3. The Balaban J connectivity index is 1.32. The van der Waals surface area contributed by atoms with Crippen LogP contribution in [0.1, 0.15) is 6.92 Å². The predicted molar refractivity (Wildman–Crippen MR) is 218 cm³/mol. The van der Waals surface area contributed by atoms with Crippen LogP contribution >= 0.6 is 0 Å². The summed E-state index contributed by atoms with van der Waals surface area (Å²) in [5.74, 6) is -7.61. The molecular weight excluding hydrogens is 956 g/mol. The van der Waals surface area contributed by atoms with E-state index in [-0.39, 0.29) is 17.9 Å². The number of carbonyl (C=O) groups is 2. The van der Waals surface area contributed by atoms with Crippen LogP contribution in [0.5, 0.6) is 28.7 Å². The Morgan fingerprint density at radius 1 is 0.600 bits per heavy atom. The summed E-state index contributed by atoms with van der Waals surface area (Å²) in [5.41, 5.74) is -2.07. The largest absolute Gasteiger partial charge is 0.507 e. The van der Waals surface area contributed by atoms with Crippen LogP contribution < -0.4 is 24.4 Å². The minimum Gasteiger partial charge on any atom is -0.507 e. The minimum atomic E-state index is -2.25. The average molecular weight is 1010 g/mol. The number of ether oxygens (including phenoxy) is 9. The fraction of sp³-hybridized carbons (Fsp3) is 0.585. The fourth-order valence-corrected chi connectivity index (χ4v) is 7.80. The maximum absolute atomic E-state index is 14.5. The zero-order valence-corrected chi connectivity index (χ0v) is 36.0. The predicted octanol–water partition coefficient (Wildman–Crippen LogP) is -6.89. The highest BCUT2D eigenvalue weighted by atomic mass is 16.7. The van der Waals surface area contributed by atoms with Crippen LogP contribution in [-0.2, 0) is 33.3 Å². The van der Waals surface area contributed by atoms with Gasteiger partial charge in [0.05, 0.1) is 19.3 Å². The molecule has 0 bridgehead atoms. The second-order valence-electron chi connectivity index (χ2n) is 16.5. The number of carboxylic acids is 2. The first-order valence-corrected chi connectivity index (χ1v) is 21.1. The maximum atomic E-state index is 14.5. The number of phenols is 1. The van der Waals surface area contributed by atoms with Gasteiger partial charge in [-0.25, -0.2) is 9.59 Å². The number of aliphatic carboxylic acids is 2. The summed E-state index contributed by atoms with van der Waals surface area (Å²) >= 11 is 0. The van der Waals surface area contributed by atoms with Gasteiger partial charge in [0, 0.05) is 17.7 Å². The van der Waals surface area contributed by atoms with E-state index >= 15 is 0 Å². The molecule has 7 rings (SSSR count). The summed E-state index contributed by atoms with van der Waals surface area (Å²) < 4.78 is 55.9. The van der Waals surface area contributed by atoms with E-state index in [1.165, 1.54) is 6.92 Å². The normalized spacial score (nSPS) is 37.9. The number of benzene rings is 2. The average Bonchev–Trinajstić information content (AvgIpc) is 3.32. The van der Waals surface area contributed by atoms with Gasteiger partial charge in [-0.05, 0) is 25.1 Å². The van der Waals surface area contributed by atoms with Gasteiger partial charge >= 0.3 is 11.9 Å². The Morgan fingerprint density at radius 3 is 1.70 bits per heavy atom. The number of aromatic hydroxyl groups is 1. The van der Waals surface area contributed by atoms with Crippen LogP contribution in [-0.4, -0.2) is 236 Å². The van der Waals surface area contributed by atoms with Gasteiger partial charge in [-0.3, -0.25) is 4.79 Å². The molecule has 0 radical (unpaired) electrons. The van der Waals surface area contributed by atoms with E-state index < -0.39 is 193 Å². The molecule has 3 aromatic rings. The van der Waals surface area contributed by atoms with E-state index in [0.29, 0.717) is 0 Å². The molecule has 0 aliphatic carbocycles. The molecule has 70 heavy (non-hydrogen) atoms. The van der Waals surface area contributed by atoms with Gasteiger partial charge in [0.2, 0.25) is 30.0 Å². The van der Waals surface area contributed by atoms with Crippen LogP contribution in [0.4, 0.5) is 0 Å². The van der Waals surface area contributed by atoms with Crippen molar-refractivity contribution in [2.24, 2.45) is 0 Å². The zero-order chi connectivity index (χ0) is 51.2. The zero-order valence-electron chi connectivity index (χ0n) is 36.0. The van der Waals surface area contributed by atoms with E-state index in [0.717, 1.165) is 30.3 Å². The lowest BCUT2D eigenvalue weighted by Gasteiger charge is -2.42. The Bertz CT molecular complexity index is 2400. The summed E-state index contributed by atoms with van der Waals surface area (Å²) in [6.45, 7) is -0.210. The molecule has 0 unspecified atom stereocenters. The Kier molecular flexibility index (Phi) is 16.0. The highest BCUT2D eigenvalue weighted by Gasteiger charge is 2.51. The number of aliphatic hydroxyl groups is 13. The van der Waals surface area contributed by atoms with Crippen molar-refractivity contribution >= 4 is 22.9 Å². The molecule has 20 atom stereocenters. The van der Waals surface area contributed by atoms with Crippen molar-refractivity contribution in [2.45, 2.75) is 130 Å². The highest BCUT2D eigenvalue weighted by molar-refractivity contribution is 5.88. The van der Waals surface area contributed by atoms with Gasteiger partial charge in [-0.2, -0.15) is 0 Å². The van der Waals surface area contributed by atoms with Crippen molar-refractivity contribution in [3.05, 3.63) is 40.6 Å². The number of rotatable bonds is 15. The van der Waals surface area contributed by atoms with Crippen LogP contribution in [0.3, 0.4) is 0 Å². The van der Waals surface area contributed by atoms with Crippen LogP contribution in [0.2, 0.25) is 0 Å². The first-order valence-electron chi connectivity index (χ1n) is 21.1.